The van der Waals surface area contributed by atoms with Crippen LogP contribution in [0.3, 0.4) is 0 Å². The van der Waals surface area contributed by atoms with Crippen LogP contribution < -0.4 is 5.32 Å². The van der Waals surface area contributed by atoms with Crippen LogP contribution in [-0.2, 0) is 9.53 Å². The monoisotopic (exact) mass is 417 g/mol. The number of rotatable bonds is 9. The van der Waals surface area contributed by atoms with Gasteiger partial charge in [0.25, 0.3) is 0 Å². The van der Waals surface area contributed by atoms with E-state index in [-0.39, 0.29) is 5.91 Å². The van der Waals surface area contributed by atoms with Crippen molar-refractivity contribution in [1.82, 2.24) is 9.80 Å². The molecule has 1 aromatic carbocycles. The second-order valence-corrected chi connectivity index (χ2v) is 9.09. The number of hydrogen-bond donors (Lipinski definition) is 2. The molecule has 1 heterocycles. The Balaban J connectivity index is 1.31. The Labute approximate surface area is 181 Å². The fraction of sp³-hybridized carbons (Fsp3) is 0.708. The highest BCUT2D eigenvalue weighted by Crippen LogP contribution is 2.23. The number of carbonyl (C=O) groups excluding carboxylic acids is 1. The smallest absolute Gasteiger partial charge is 0.238 e. The number of β-amino-alcohol motifs (C(OH)–C–C–N with tert-alkyl or cyclic N) is 1. The molecule has 2 aliphatic rings. The molecule has 1 amide bonds. The van der Waals surface area contributed by atoms with Crippen LogP contribution in [0.5, 0.6) is 0 Å². The van der Waals surface area contributed by atoms with Crippen LogP contribution >= 0.6 is 0 Å². The van der Waals surface area contributed by atoms with Crippen molar-refractivity contribution in [3.63, 3.8) is 0 Å². The van der Waals surface area contributed by atoms with E-state index in [1.54, 1.807) is 0 Å². The molecule has 1 saturated heterocycles. The summed E-state index contributed by atoms with van der Waals surface area (Å²) in [6.45, 7) is 9.74. The maximum absolute atomic E-state index is 12.5. The third-order valence-electron chi connectivity index (χ3n) is 6.44. The summed E-state index contributed by atoms with van der Waals surface area (Å²) in [4.78, 5) is 16.9. The predicted molar refractivity (Wildman–Crippen MR) is 121 cm³/mol. The first-order valence-electron chi connectivity index (χ1n) is 11.6. The van der Waals surface area contributed by atoms with Gasteiger partial charge in [0.05, 0.1) is 19.3 Å². The van der Waals surface area contributed by atoms with Crippen molar-refractivity contribution in [2.75, 3.05) is 57.8 Å². The molecule has 2 fully saturated rings. The lowest BCUT2D eigenvalue weighted by molar-refractivity contribution is -0.117. The fourth-order valence-electron chi connectivity index (χ4n) is 4.60. The van der Waals surface area contributed by atoms with Gasteiger partial charge in [-0.2, -0.15) is 0 Å². The number of piperazine rings is 1. The minimum absolute atomic E-state index is 0.0389. The second kappa shape index (κ2) is 11.8. The van der Waals surface area contributed by atoms with Crippen LogP contribution in [0.25, 0.3) is 0 Å². The van der Waals surface area contributed by atoms with Gasteiger partial charge in [-0.05, 0) is 43.7 Å². The summed E-state index contributed by atoms with van der Waals surface area (Å²) in [5.41, 5.74) is 3.11. The van der Waals surface area contributed by atoms with Crippen molar-refractivity contribution in [1.29, 1.82) is 0 Å². The lowest BCUT2D eigenvalue weighted by Gasteiger charge is -2.35. The van der Waals surface area contributed by atoms with Crippen LogP contribution in [0.15, 0.2) is 18.2 Å². The number of aliphatic hydroxyl groups excluding tert-OH is 1. The van der Waals surface area contributed by atoms with Crippen LogP contribution in [0.4, 0.5) is 5.69 Å². The maximum atomic E-state index is 12.5. The van der Waals surface area contributed by atoms with E-state index in [0.29, 0.717) is 25.6 Å². The lowest BCUT2D eigenvalue weighted by Crippen LogP contribution is -2.50. The molecule has 0 bridgehead atoms. The summed E-state index contributed by atoms with van der Waals surface area (Å²) in [5.74, 6) is 0.723. The van der Waals surface area contributed by atoms with Crippen molar-refractivity contribution in [2.24, 2.45) is 5.92 Å². The maximum Gasteiger partial charge on any atom is 0.238 e. The summed E-state index contributed by atoms with van der Waals surface area (Å²) < 4.78 is 5.79. The van der Waals surface area contributed by atoms with Crippen LogP contribution in [0.1, 0.15) is 43.2 Å². The number of nitrogens with zero attached hydrogens (tertiary/aromatic N) is 2. The van der Waals surface area contributed by atoms with Crippen molar-refractivity contribution in [3.8, 4) is 0 Å². The third kappa shape index (κ3) is 7.34. The highest BCUT2D eigenvalue weighted by atomic mass is 16.5. The summed E-state index contributed by atoms with van der Waals surface area (Å²) in [5, 5.41) is 13.4. The van der Waals surface area contributed by atoms with E-state index in [1.165, 1.54) is 32.1 Å². The van der Waals surface area contributed by atoms with E-state index in [0.717, 1.165) is 49.6 Å². The molecule has 6 nitrogen and oxygen atoms in total. The Hall–Kier alpha value is -1.47. The second-order valence-electron chi connectivity index (χ2n) is 9.09. The topological polar surface area (TPSA) is 65.0 Å². The summed E-state index contributed by atoms with van der Waals surface area (Å²) in [7, 11) is 0. The number of hydrogen-bond acceptors (Lipinski definition) is 5. The van der Waals surface area contributed by atoms with Crippen molar-refractivity contribution >= 4 is 11.6 Å². The number of benzene rings is 1. The number of amides is 1. The Morgan fingerprint density at radius 2 is 1.73 bits per heavy atom. The molecule has 3 rings (SSSR count). The number of nitrogens with one attached hydrogen (secondary N) is 1. The summed E-state index contributed by atoms with van der Waals surface area (Å²) in [6, 6.07) is 6.05. The van der Waals surface area contributed by atoms with E-state index in [1.807, 2.05) is 32.0 Å². The van der Waals surface area contributed by atoms with E-state index >= 15 is 0 Å². The molecule has 0 aromatic heterocycles. The van der Waals surface area contributed by atoms with Gasteiger partial charge >= 0.3 is 0 Å². The highest BCUT2D eigenvalue weighted by Gasteiger charge is 2.22. The molecule has 1 saturated carbocycles. The van der Waals surface area contributed by atoms with Gasteiger partial charge in [0, 0.05) is 45.0 Å². The third-order valence-corrected chi connectivity index (χ3v) is 6.44. The molecule has 0 spiro atoms. The lowest BCUT2D eigenvalue weighted by atomic mass is 9.90. The molecule has 6 heteroatoms. The number of aliphatic hydroxyl groups is 1. The van der Waals surface area contributed by atoms with Crippen molar-refractivity contribution < 1.29 is 14.6 Å². The minimum Gasteiger partial charge on any atom is -0.389 e. The summed E-state index contributed by atoms with van der Waals surface area (Å²) in [6.07, 6.45) is 6.11. The first-order valence-corrected chi connectivity index (χ1v) is 11.6. The zero-order chi connectivity index (χ0) is 21.3. The first kappa shape index (κ1) is 23.2. The van der Waals surface area contributed by atoms with E-state index in [4.69, 9.17) is 4.74 Å². The van der Waals surface area contributed by atoms with Crippen LogP contribution in [0, 0.1) is 19.8 Å². The van der Waals surface area contributed by atoms with Gasteiger partial charge in [0.2, 0.25) is 5.91 Å². The van der Waals surface area contributed by atoms with Crippen molar-refractivity contribution in [2.45, 2.75) is 52.1 Å². The molecule has 30 heavy (non-hydrogen) atoms. The largest absolute Gasteiger partial charge is 0.389 e. The summed E-state index contributed by atoms with van der Waals surface area (Å²) >= 11 is 0. The van der Waals surface area contributed by atoms with Gasteiger partial charge in [0.1, 0.15) is 0 Å². The molecule has 1 aliphatic carbocycles. The number of anilines is 1. The molecule has 2 N–H and O–H groups in total. The van der Waals surface area contributed by atoms with Gasteiger partial charge in [-0.25, -0.2) is 0 Å². The number of carbonyl (C=O) groups is 1. The fourth-order valence-corrected chi connectivity index (χ4v) is 4.60. The van der Waals surface area contributed by atoms with Gasteiger partial charge in [-0.3, -0.25) is 14.6 Å². The average molecular weight is 418 g/mol. The minimum atomic E-state index is -0.438. The van der Waals surface area contributed by atoms with Crippen molar-refractivity contribution in [3.05, 3.63) is 29.3 Å². The normalized spacial score (nSPS) is 20.2. The molecule has 0 radical (unpaired) electrons. The SMILES string of the molecule is Cc1cccc(C)c1NC(=O)CN1CCN(CC(O)COCC2CCCCC2)CC1. The van der Waals surface area contributed by atoms with Gasteiger partial charge in [0.15, 0.2) is 0 Å². The Morgan fingerprint density at radius 3 is 2.40 bits per heavy atom. The van der Waals surface area contributed by atoms with E-state index in [9.17, 15) is 9.90 Å². The average Bonchev–Trinajstić information content (AvgIpc) is 2.73. The molecule has 1 unspecified atom stereocenters. The number of para-hydroxylation sites is 1. The predicted octanol–water partition coefficient (Wildman–Crippen LogP) is 2.82. The molecule has 168 valence electrons. The quantitative estimate of drug-likeness (QED) is 0.647. The first-order chi connectivity index (χ1) is 14.5. The van der Waals surface area contributed by atoms with Gasteiger partial charge in [-0.1, -0.05) is 37.5 Å². The number of aryl methyl sites for hydroxylation is 2. The Morgan fingerprint density at radius 1 is 1.10 bits per heavy atom. The highest BCUT2D eigenvalue weighted by molar-refractivity contribution is 5.93. The molecule has 1 aliphatic heterocycles. The Bertz CT molecular complexity index is 647. The van der Waals surface area contributed by atoms with E-state index < -0.39 is 6.10 Å². The number of ether oxygens (including phenoxy) is 1. The van der Waals surface area contributed by atoms with Crippen LogP contribution in [0.2, 0.25) is 0 Å². The molecule has 1 aromatic rings. The Kier molecular flexibility index (Phi) is 9.12. The molecule has 1 atom stereocenters. The molecular formula is C24H39N3O3. The van der Waals surface area contributed by atoms with Gasteiger partial charge in [-0.15, -0.1) is 0 Å². The van der Waals surface area contributed by atoms with E-state index in [2.05, 4.69) is 15.1 Å². The molecular weight excluding hydrogens is 378 g/mol. The van der Waals surface area contributed by atoms with Crippen LogP contribution in [-0.4, -0.2) is 79.4 Å². The standard InChI is InChI=1S/C24H39N3O3/c1-19-7-6-8-20(2)24(19)25-23(29)16-27-13-11-26(12-14-27)15-22(28)18-30-17-21-9-4-3-5-10-21/h6-8,21-22,28H,3-5,9-18H2,1-2H3,(H,25,29). The zero-order valence-electron chi connectivity index (χ0n) is 18.7. The van der Waals surface area contributed by atoms with Gasteiger partial charge < -0.3 is 15.2 Å². The zero-order valence-corrected chi connectivity index (χ0v) is 18.7.